The van der Waals surface area contributed by atoms with Crippen molar-refractivity contribution < 1.29 is 0 Å². The molecule has 0 heterocycles. The van der Waals surface area contributed by atoms with Gasteiger partial charge >= 0.3 is 0 Å². The summed E-state index contributed by atoms with van der Waals surface area (Å²) in [5.41, 5.74) is 9.08. The average molecular weight is 401 g/mol. The molecule has 0 radical (unpaired) electrons. The highest BCUT2D eigenvalue weighted by molar-refractivity contribution is 8.34. The van der Waals surface area contributed by atoms with E-state index in [4.69, 9.17) is 0 Å². The van der Waals surface area contributed by atoms with Crippen LogP contribution in [0.25, 0.3) is 0 Å². The molecular weight excluding hydrogens is 368 g/mol. The quantitative estimate of drug-likeness (QED) is 0.485. The van der Waals surface area contributed by atoms with Gasteiger partial charge in [0, 0.05) is 5.25 Å². The third-order valence-corrected chi connectivity index (χ3v) is 10.9. The Hall–Kier alpha value is -2.25. The molecule has 29 heavy (non-hydrogen) atoms. The van der Waals surface area contributed by atoms with E-state index in [0.717, 1.165) is 0 Å². The molecule has 2 aliphatic carbocycles. The van der Waals surface area contributed by atoms with E-state index in [1.54, 1.807) is 11.1 Å². The molecule has 0 saturated carbocycles. The van der Waals surface area contributed by atoms with E-state index >= 15 is 0 Å². The van der Waals surface area contributed by atoms with Gasteiger partial charge in [0.25, 0.3) is 0 Å². The molecule has 0 spiro atoms. The first-order valence-electron chi connectivity index (χ1n) is 10.6. The van der Waals surface area contributed by atoms with Crippen molar-refractivity contribution >= 4 is 10.0 Å². The fourth-order valence-corrected chi connectivity index (χ4v) is 9.13. The molecule has 1 atom stereocenters. The summed E-state index contributed by atoms with van der Waals surface area (Å²) in [6.07, 6.45) is 9.59. The number of hydrogen-bond donors (Lipinski definition) is 0. The third-order valence-electron chi connectivity index (χ3n) is 6.78. The van der Waals surface area contributed by atoms with Gasteiger partial charge in [0.1, 0.15) is 0 Å². The maximum atomic E-state index is 2.52. The number of rotatable bonds is 4. The van der Waals surface area contributed by atoms with Crippen LogP contribution in [0.4, 0.5) is 0 Å². The Morgan fingerprint density at radius 2 is 1.31 bits per heavy atom. The zero-order valence-electron chi connectivity index (χ0n) is 18.3. The summed E-state index contributed by atoms with van der Waals surface area (Å²) >= 11 is 0. The van der Waals surface area contributed by atoms with Gasteiger partial charge in [0.05, 0.1) is 0 Å². The fourth-order valence-electron chi connectivity index (χ4n) is 5.16. The van der Waals surface area contributed by atoms with E-state index in [1.165, 1.54) is 44.9 Å². The van der Waals surface area contributed by atoms with Crippen LogP contribution in [-0.2, 0) is 0 Å². The molecule has 0 saturated heterocycles. The van der Waals surface area contributed by atoms with Crippen LogP contribution in [0.15, 0.2) is 116 Å². The Labute approximate surface area is 178 Å². The molecule has 0 aliphatic heterocycles. The van der Waals surface area contributed by atoms with Gasteiger partial charge in [0.2, 0.25) is 0 Å². The fraction of sp³-hybridized carbons (Fsp3) is 0.286. The second kappa shape index (κ2) is 7.88. The minimum atomic E-state index is -1.26. The summed E-state index contributed by atoms with van der Waals surface area (Å²) in [4.78, 5) is 2.93. The topological polar surface area (TPSA) is 0 Å². The summed E-state index contributed by atoms with van der Waals surface area (Å²) in [6.45, 7) is 9.41. The summed E-state index contributed by atoms with van der Waals surface area (Å²) in [5, 5.41) is 0.443. The first kappa shape index (κ1) is 20.0. The van der Waals surface area contributed by atoms with E-state index in [0.29, 0.717) is 5.25 Å². The first-order chi connectivity index (χ1) is 14.0. The van der Waals surface area contributed by atoms with E-state index in [2.05, 4.69) is 107 Å². The molecule has 4 rings (SSSR count). The van der Waals surface area contributed by atoms with Crippen LogP contribution < -0.4 is 0 Å². The predicted molar refractivity (Wildman–Crippen MR) is 129 cm³/mol. The van der Waals surface area contributed by atoms with Gasteiger partial charge in [-0.15, -0.1) is 0 Å². The lowest BCUT2D eigenvalue weighted by atomic mass is 9.89. The lowest BCUT2D eigenvalue weighted by molar-refractivity contribution is 0.941. The van der Waals surface area contributed by atoms with Crippen LogP contribution in [-0.4, -0.2) is 11.5 Å². The van der Waals surface area contributed by atoms with Gasteiger partial charge in [-0.1, -0.05) is 59.7 Å². The highest BCUT2D eigenvalue weighted by atomic mass is 32.3. The van der Waals surface area contributed by atoms with Gasteiger partial charge in [-0.3, -0.25) is 0 Å². The Kier molecular flexibility index (Phi) is 5.44. The molecule has 0 N–H and O–H groups in total. The zero-order chi connectivity index (χ0) is 20.6. The Morgan fingerprint density at radius 3 is 1.83 bits per heavy atom. The van der Waals surface area contributed by atoms with Crippen molar-refractivity contribution in [2.75, 3.05) is 6.26 Å². The minimum Gasteiger partial charge on any atom is -0.180 e. The summed E-state index contributed by atoms with van der Waals surface area (Å²) in [5.74, 6) is 0. The number of hydrogen-bond acceptors (Lipinski definition) is 0. The smallest absolute Gasteiger partial charge is 0.0393 e. The predicted octanol–water partition coefficient (Wildman–Crippen LogP) is 8.24. The normalized spacial score (nSPS) is 20.7. The molecule has 0 amide bonds. The summed E-state index contributed by atoms with van der Waals surface area (Å²) in [7, 11) is -1.26. The molecule has 0 nitrogen and oxygen atoms in total. The van der Waals surface area contributed by atoms with Gasteiger partial charge < -0.3 is 0 Å². The van der Waals surface area contributed by atoms with Crippen molar-refractivity contribution in [2.24, 2.45) is 0 Å². The zero-order valence-corrected chi connectivity index (χ0v) is 19.1. The van der Waals surface area contributed by atoms with Crippen molar-refractivity contribution in [1.29, 1.82) is 0 Å². The van der Waals surface area contributed by atoms with E-state index in [1.807, 2.05) is 0 Å². The Morgan fingerprint density at radius 1 is 0.759 bits per heavy atom. The lowest BCUT2D eigenvalue weighted by Gasteiger charge is -2.44. The number of benzene rings is 2. The molecule has 1 heteroatoms. The summed E-state index contributed by atoms with van der Waals surface area (Å²) < 4.78 is 0. The first-order valence-corrected chi connectivity index (χ1v) is 12.7. The second-order valence-corrected chi connectivity index (χ2v) is 11.9. The monoisotopic (exact) mass is 400 g/mol. The maximum Gasteiger partial charge on any atom is 0.0393 e. The average Bonchev–Trinajstić information content (AvgIpc) is 2.98. The van der Waals surface area contributed by atoms with Crippen LogP contribution in [0.3, 0.4) is 0 Å². The molecule has 0 fully saturated rings. The molecule has 0 bridgehead atoms. The second-order valence-electron chi connectivity index (χ2n) is 8.49. The van der Waals surface area contributed by atoms with Gasteiger partial charge in [-0.2, -0.15) is 10.0 Å². The molecule has 2 aromatic carbocycles. The van der Waals surface area contributed by atoms with Crippen molar-refractivity contribution in [3.05, 3.63) is 106 Å². The van der Waals surface area contributed by atoms with Gasteiger partial charge in [-0.25, -0.2) is 0 Å². The van der Waals surface area contributed by atoms with Crippen LogP contribution in [0.2, 0.25) is 0 Å². The Balaban J connectivity index is 1.96. The highest BCUT2D eigenvalue weighted by Crippen LogP contribution is 2.68. The van der Waals surface area contributed by atoms with Crippen molar-refractivity contribution in [3.63, 3.8) is 0 Å². The van der Waals surface area contributed by atoms with Crippen molar-refractivity contribution in [2.45, 2.75) is 55.6 Å². The molecule has 2 aromatic rings. The van der Waals surface area contributed by atoms with Crippen LogP contribution in [0.5, 0.6) is 0 Å². The van der Waals surface area contributed by atoms with Crippen LogP contribution in [0, 0.1) is 0 Å². The van der Waals surface area contributed by atoms with Crippen LogP contribution in [0.1, 0.15) is 40.5 Å². The number of allylic oxidation sites excluding steroid dienone is 6. The minimum absolute atomic E-state index is 0.443. The van der Waals surface area contributed by atoms with E-state index < -0.39 is 10.0 Å². The van der Waals surface area contributed by atoms with Crippen LogP contribution >= 0.6 is 10.0 Å². The molecule has 2 aliphatic rings. The molecule has 150 valence electrons. The van der Waals surface area contributed by atoms with Gasteiger partial charge in [0.15, 0.2) is 0 Å². The van der Waals surface area contributed by atoms with E-state index in [9.17, 15) is 0 Å². The van der Waals surface area contributed by atoms with Gasteiger partial charge in [-0.05, 0) is 103 Å². The van der Waals surface area contributed by atoms with Crippen molar-refractivity contribution in [3.8, 4) is 0 Å². The Bertz CT molecular complexity index is 993. The van der Waals surface area contributed by atoms with Crippen molar-refractivity contribution in [1.82, 2.24) is 0 Å². The third kappa shape index (κ3) is 3.26. The molecular formula is C28H32S. The molecule has 1 unspecified atom stereocenters. The SMILES string of the molecule is CC1=C(C2=C(C)C(S(C)(c3ccccc3)c3ccccc3)C(C)=C2C)C=CCC1. The summed E-state index contributed by atoms with van der Waals surface area (Å²) in [6, 6.07) is 22.4. The van der Waals surface area contributed by atoms with E-state index in [-0.39, 0.29) is 0 Å². The largest absolute Gasteiger partial charge is 0.180 e. The lowest BCUT2D eigenvalue weighted by Crippen LogP contribution is -2.20. The standard InChI is InChI=1S/C28H32S/c1-20-14-12-13-19-26(20)27-21(2)22(3)28(23(27)4)29(5,24-15-8-6-9-16-24)25-17-10-7-11-18-25/h6-11,13,15-19,28H,12,14H2,1-5H3. The maximum absolute atomic E-state index is 2.52. The molecule has 0 aromatic heterocycles. The highest BCUT2D eigenvalue weighted by Gasteiger charge is 2.40.